The molecular formula is C15H17N3O2. The van der Waals surface area contributed by atoms with Gasteiger partial charge in [0.05, 0.1) is 19.2 Å². The van der Waals surface area contributed by atoms with Gasteiger partial charge in [-0.05, 0) is 19.2 Å². The summed E-state index contributed by atoms with van der Waals surface area (Å²) in [4.78, 5) is 10.4. The summed E-state index contributed by atoms with van der Waals surface area (Å²) >= 11 is 0. The third-order valence-electron chi connectivity index (χ3n) is 2.82. The number of hydrogen-bond donors (Lipinski definition) is 0. The van der Waals surface area contributed by atoms with Crippen LogP contribution in [0.3, 0.4) is 0 Å². The minimum atomic E-state index is 0.350. The first kappa shape index (κ1) is 14.1. The highest BCUT2D eigenvalue weighted by Crippen LogP contribution is 2.20. The van der Waals surface area contributed by atoms with Crippen LogP contribution in [0.2, 0.25) is 0 Å². The van der Waals surface area contributed by atoms with Gasteiger partial charge in [-0.25, -0.2) is 4.98 Å². The molecule has 2 aromatic rings. The lowest BCUT2D eigenvalue weighted by Crippen LogP contribution is -2.24. The zero-order chi connectivity index (χ0) is 14.4. The Hall–Kier alpha value is -2.32. The molecule has 1 aromatic carbocycles. The number of aromatic nitrogens is 2. The van der Waals surface area contributed by atoms with Crippen LogP contribution in [0.4, 0.5) is 0 Å². The molecular weight excluding hydrogens is 254 g/mol. The number of hydrogen-bond acceptors (Lipinski definition) is 5. The zero-order valence-electron chi connectivity index (χ0n) is 11.7. The van der Waals surface area contributed by atoms with Gasteiger partial charge in [-0.3, -0.25) is 4.90 Å². The summed E-state index contributed by atoms with van der Waals surface area (Å²) < 4.78 is 10.7. The zero-order valence-corrected chi connectivity index (χ0v) is 11.7. The molecule has 0 saturated heterocycles. The Morgan fingerprint density at radius 2 is 2.25 bits per heavy atom. The highest BCUT2D eigenvalue weighted by molar-refractivity contribution is 5.79. The van der Waals surface area contributed by atoms with Crippen molar-refractivity contribution in [1.82, 2.24) is 14.9 Å². The molecule has 0 aliphatic rings. The third kappa shape index (κ3) is 3.59. The lowest BCUT2D eigenvalue weighted by Gasteiger charge is -2.13. The number of likely N-dealkylation sites (N-methyl/N-ethyl adjacent to an activating group) is 1. The smallest absolute Gasteiger partial charge is 0.316 e. The quantitative estimate of drug-likeness (QED) is 0.747. The molecule has 5 nitrogen and oxygen atoms in total. The van der Waals surface area contributed by atoms with Gasteiger partial charge in [0.15, 0.2) is 0 Å². The summed E-state index contributed by atoms with van der Waals surface area (Å²) in [5, 5.41) is 0.947. The van der Waals surface area contributed by atoms with Crippen LogP contribution in [0.15, 0.2) is 24.4 Å². The number of benzene rings is 1. The predicted octanol–water partition coefficient (Wildman–Crippen LogP) is 1.58. The SMILES string of the molecule is C#CCN(C)CCOc1ccc2cnc(OC)nc2c1. The number of ether oxygens (including phenoxy) is 2. The van der Waals surface area contributed by atoms with Gasteiger partial charge in [0, 0.05) is 24.2 Å². The van der Waals surface area contributed by atoms with E-state index < -0.39 is 0 Å². The van der Waals surface area contributed by atoms with Gasteiger partial charge < -0.3 is 9.47 Å². The molecule has 0 aliphatic heterocycles. The Morgan fingerprint density at radius 3 is 3.00 bits per heavy atom. The summed E-state index contributed by atoms with van der Waals surface area (Å²) in [7, 11) is 3.50. The van der Waals surface area contributed by atoms with Gasteiger partial charge in [0.1, 0.15) is 12.4 Å². The van der Waals surface area contributed by atoms with E-state index in [1.54, 1.807) is 13.3 Å². The fourth-order valence-corrected chi connectivity index (χ4v) is 1.73. The van der Waals surface area contributed by atoms with Crippen molar-refractivity contribution in [2.24, 2.45) is 0 Å². The first-order valence-corrected chi connectivity index (χ1v) is 6.28. The van der Waals surface area contributed by atoms with Crippen LogP contribution in [0.25, 0.3) is 10.9 Å². The monoisotopic (exact) mass is 271 g/mol. The minimum absolute atomic E-state index is 0.350. The first-order chi connectivity index (χ1) is 9.72. The second kappa shape index (κ2) is 6.73. The molecule has 0 radical (unpaired) electrons. The van der Waals surface area contributed by atoms with Crippen molar-refractivity contribution < 1.29 is 9.47 Å². The highest BCUT2D eigenvalue weighted by Gasteiger charge is 2.03. The largest absolute Gasteiger partial charge is 0.492 e. The van der Waals surface area contributed by atoms with E-state index >= 15 is 0 Å². The number of rotatable bonds is 6. The molecule has 2 rings (SSSR count). The second-order valence-corrected chi connectivity index (χ2v) is 4.37. The van der Waals surface area contributed by atoms with Crippen molar-refractivity contribution in [3.05, 3.63) is 24.4 Å². The summed E-state index contributed by atoms with van der Waals surface area (Å²) in [6.45, 7) is 1.97. The summed E-state index contributed by atoms with van der Waals surface area (Å²) in [6.07, 6.45) is 6.97. The average Bonchev–Trinajstić information content (AvgIpc) is 2.46. The highest BCUT2D eigenvalue weighted by atomic mass is 16.5. The van der Waals surface area contributed by atoms with Crippen LogP contribution in [0.5, 0.6) is 11.8 Å². The summed E-state index contributed by atoms with van der Waals surface area (Å²) in [5.74, 6) is 3.36. The Morgan fingerprint density at radius 1 is 1.40 bits per heavy atom. The first-order valence-electron chi connectivity index (χ1n) is 6.28. The van der Waals surface area contributed by atoms with E-state index in [2.05, 4.69) is 15.9 Å². The van der Waals surface area contributed by atoms with Gasteiger partial charge in [-0.1, -0.05) is 5.92 Å². The fraction of sp³-hybridized carbons (Fsp3) is 0.333. The summed E-state index contributed by atoms with van der Waals surface area (Å²) in [5.41, 5.74) is 0.798. The van der Waals surface area contributed by atoms with E-state index in [1.165, 1.54) is 0 Å². The van der Waals surface area contributed by atoms with Crippen molar-refractivity contribution in [2.75, 3.05) is 33.9 Å². The van der Waals surface area contributed by atoms with Gasteiger partial charge in [-0.2, -0.15) is 4.98 Å². The van der Waals surface area contributed by atoms with Crippen molar-refractivity contribution >= 4 is 10.9 Å². The van der Waals surface area contributed by atoms with Gasteiger partial charge in [0.2, 0.25) is 0 Å². The number of nitrogens with zero attached hydrogens (tertiary/aromatic N) is 3. The number of fused-ring (bicyclic) bond motifs is 1. The van der Waals surface area contributed by atoms with E-state index in [0.717, 1.165) is 23.2 Å². The molecule has 0 fully saturated rings. The normalized spacial score (nSPS) is 10.5. The maximum atomic E-state index is 5.69. The van der Waals surface area contributed by atoms with Crippen LogP contribution < -0.4 is 9.47 Å². The standard InChI is InChI=1S/C15H17N3O2/c1-4-7-18(2)8-9-20-13-6-5-12-11-16-15(19-3)17-14(12)10-13/h1,5-6,10-11H,7-9H2,2-3H3. The molecule has 1 heterocycles. The molecule has 1 aromatic heterocycles. The molecule has 104 valence electrons. The molecule has 0 aliphatic carbocycles. The predicted molar refractivity (Wildman–Crippen MR) is 77.9 cm³/mol. The number of methoxy groups -OCH3 is 1. The maximum Gasteiger partial charge on any atom is 0.316 e. The Kier molecular flexibility index (Phi) is 4.75. The molecule has 5 heteroatoms. The van der Waals surface area contributed by atoms with Crippen molar-refractivity contribution in [3.63, 3.8) is 0 Å². The van der Waals surface area contributed by atoms with Crippen molar-refractivity contribution in [1.29, 1.82) is 0 Å². The molecule has 0 bridgehead atoms. The average molecular weight is 271 g/mol. The Balaban J connectivity index is 2.02. The Labute approximate surface area is 118 Å². The molecule has 0 spiro atoms. The van der Waals surface area contributed by atoms with Crippen molar-refractivity contribution in [3.8, 4) is 24.1 Å². The second-order valence-electron chi connectivity index (χ2n) is 4.37. The molecule has 0 atom stereocenters. The lowest BCUT2D eigenvalue weighted by molar-refractivity contribution is 0.251. The third-order valence-corrected chi connectivity index (χ3v) is 2.82. The van der Waals surface area contributed by atoms with Gasteiger partial charge in [-0.15, -0.1) is 6.42 Å². The molecule has 0 unspecified atom stereocenters. The van der Waals surface area contributed by atoms with E-state index in [-0.39, 0.29) is 0 Å². The van der Waals surface area contributed by atoms with Crippen molar-refractivity contribution in [2.45, 2.75) is 0 Å². The molecule has 0 N–H and O–H groups in total. The van der Waals surface area contributed by atoms with Crippen LogP contribution in [-0.2, 0) is 0 Å². The van der Waals surface area contributed by atoms with E-state index in [4.69, 9.17) is 15.9 Å². The van der Waals surface area contributed by atoms with E-state index in [9.17, 15) is 0 Å². The van der Waals surface area contributed by atoms with E-state index in [1.807, 2.05) is 30.1 Å². The molecule has 20 heavy (non-hydrogen) atoms. The van der Waals surface area contributed by atoms with E-state index in [0.29, 0.717) is 19.2 Å². The van der Waals surface area contributed by atoms with Crippen LogP contribution >= 0.6 is 0 Å². The van der Waals surface area contributed by atoms with Gasteiger partial charge in [0.25, 0.3) is 0 Å². The summed E-state index contributed by atoms with van der Waals surface area (Å²) in [6, 6.07) is 6.05. The molecule has 0 amide bonds. The van der Waals surface area contributed by atoms with Gasteiger partial charge >= 0.3 is 6.01 Å². The Bertz CT molecular complexity index is 622. The van der Waals surface area contributed by atoms with Crippen LogP contribution in [-0.4, -0.2) is 48.7 Å². The number of terminal acetylenes is 1. The topological polar surface area (TPSA) is 47.5 Å². The van der Waals surface area contributed by atoms with Crippen LogP contribution in [0, 0.1) is 12.3 Å². The molecule has 0 saturated carbocycles. The minimum Gasteiger partial charge on any atom is -0.492 e. The lowest BCUT2D eigenvalue weighted by atomic mass is 10.2. The fourth-order valence-electron chi connectivity index (χ4n) is 1.73. The van der Waals surface area contributed by atoms with Crippen LogP contribution in [0.1, 0.15) is 0 Å². The maximum absolute atomic E-state index is 5.69.